The van der Waals surface area contributed by atoms with E-state index in [0.29, 0.717) is 11.0 Å². The third kappa shape index (κ3) is 27.0. The topological polar surface area (TPSA) is 111 Å². The number of unbranched alkanes of at least 4 members (excludes halogenated alkanes) is 14. The molecule has 2 atom stereocenters. The highest BCUT2D eigenvalue weighted by Gasteiger charge is 2.21. The lowest BCUT2D eigenvalue weighted by Gasteiger charge is -2.28. The van der Waals surface area contributed by atoms with E-state index in [1.807, 2.05) is 21.1 Å². The van der Waals surface area contributed by atoms with Crippen LogP contribution >= 0.6 is 7.82 Å². The largest absolute Gasteiger partial charge is 0.756 e. The van der Waals surface area contributed by atoms with E-state index in [2.05, 4.69) is 6.92 Å². The Morgan fingerprint density at radius 3 is 1.67 bits per heavy atom. The molecule has 232 valence electrons. The molecule has 0 saturated heterocycles. The first-order valence-corrected chi connectivity index (χ1v) is 16.7. The Kier molecular flexibility index (Phi) is 23.1. The van der Waals surface area contributed by atoms with E-state index in [1.54, 1.807) is 6.92 Å². The maximum atomic E-state index is 12.1. The summed E-state index contributed by atoms with van der Waals surface area (Å²) >= 11 is 0. The zero-order valence-electron chi connectivity index (χ0n) is 25.6. The number of ether oxygens (including phenoxy) is 2. The lowest BCUT2D eigenvalue weighted by molar-refractivity contribution is -0.870. The maximum absolute atomic E-state index is 12.1. The monoisotopic (exact) mass is 579 g/mol. The van der Waals surface area contributed by atoms with Crippen molar-refractivity contribution in [3.05, 3.63) is 0 Å². The molecule has 0 saturated carbocycles. The number of carbonyl (C=O) groups is 2. The first-order valence-electron chi connectivity index (χ1n) is 15.2. The first kappa shape index (κ1) is 38.0. The van der Waals surface area contributed by atoms with Gasteiger partial charge in [0, 0.05) is 12.8 Å². The van der Waals surface area contributed by atoms with Gasteiger partial charge in [-0.15, -0.1) is 0 Å². The van der Waals surface area contributed by atoms with Crippen molar-refractivity contribution >= 4 is 19.8 Å². The molecule has 39 heavy (non-hydrogen) atoms. The van der Waals surface area contributed by atoms with Crippen LogP contribution < -0.4 is 4.89 Å². The van der Waals surface area contributed by atoms with Gasteiger partial charge in [-0.3, -0.25) is 14.2 Å². The molecular weight excluding hydrogens is 521 g/mol. The van der Waals surface area contributed by atoms with Crippen LogP contribution in [0.5, 0.6) is 0 Å². The number of rotatable bonds is 27. The molecule has 0 amide bonds. The molecule has 0 aromatic rings. The molecule has 0 rings (SSSR count). The van der Waals surface area contributed by atoms with Gasteiger partial charge in [0.2, 0.25) is 0 Å². The number of phosphoric acid groups is 1. The smallest absolute Gasteiger partial charge is 0.305 e. The van der Waals surface area contributed by atoms with Gasteiger partial charge in [-0.2, -0.15) is 0 Å². The third-order valence-corrected chi connectivity index (χ3v) is 7.40. The fourth-order valence-corrected chi connectivity index (χ4v) is 4.65. The second-order valence-electron chi connectivity index (χ2n) is 11.4. The standard InChI is InChI=1S/C29H58NO8P/c1-6-8-9-10-11-12-13-14-15-16-17-18-19-20-21-22-29(32)35-25-27(38-28(31)7-2)26-37-39(33,34)36-24-23-30(3,4)5/h27H,6-26H2,1-5H3/t27-/m1/s1. The van der Waals surface area contributed by atoms with Crippen LogP contribution in [-0.2, 0) is 32.7 Å². The maximum Gasteiger partial charge on any atom is 0.305 e. The van der Waals surface area contributed by atoms with Crippen LogP contribution in [0.15, 0.2) is 0 Å². The van der Waals surface area contributed by atoms with Gasteiger partial charge in [0.25, 0.3) is 7.82 Å². The normalized spacial score (nSPS) is 14.1. The number of hydrogen-bond acceptors (Lipinski definition) is 8. The van der Waals surface area contributed by atoms with E-state index in [1.165, 1.54) is 77.0 Å². The highest BCUT2D eigenvalue weighted by atomic mass is 31.2. The summed E-state index contributed by atoms with van der Waals surface area (Å²) in [6.45, 7) is 3.59. The van der Waals surface area contributed by atoms with Gasteiger partial charge in [0.05, 0.1) is 27.7 Å². The summed E-state index contributed by atoms with van der Waals surface area (Å²) in [4.78, 5) is 35.8. The molecule has 0 aliphatic heterocycles. The van der Waals surface area contributed by atoms with Crippen LogP contribution in [0.3, 0.4) is 0 Å². The van der Waals surface area contributed by atoms with Gasteiger partial charge < -0.3 is 27.9 Å². The Bertz CT molecular complexity index is 668. The number of esters is 2. The molecule has 0 aliphatic carbocycles. The Morgan fingerprint density at radius 2 is 1.21 bits per heavy atom. The summed E-state index contributed by atoms with van der Waals surface area (Å²) in [5.74, 6) is -0.930. The van der Waals surface area contributed by atoms with Gasteiger partial charge in [-0.1, -0.05) is 104 Å². The van der Waals surface area contributed by atoms with E-state index in [0.717, 1.165) is 19.3 Å². The second kappa shape index (κ2) is 23.7. The Morgan fingerprint density at radius 1 is 0.718 bits per heavy atom. The van der Waals surface area contributed by atoms with Crippen molar-refractivity contribution in [2.24, 2.45) is 0 Å². The molecule has 0 fully saturated rings. The molecule has 0 heterocycles. The summed E-state index contributed by atoms with van der Waals surface area (Å²) in [5, 5.41) is 0. The van der Waals surface area contributed by atoms with E-state index in [4.69, 9.17) is 18.5 Å². The highest BCUT2D eigenvalue weighted by Crippen LogP contribution is 2.38. The summed E-state index contributed by atoms with van der Waals surface area (Å²) in [5.41, 5.74) is 0. The van der Waals surface area contributed by atoms with Crippen molar-refractivity contribution in [1.29, 1.82) is 0 Å². The Labute approximate surface area is 238 Å². The van der Waals surface area contributed by atoms with Crippen molar-refractivity contribution in [3.8, 4) is 0 Å². The fraction of sp³-hybridized carbons (Fsp3) is 0.931. The van der Waals surface area contributed by atoms with Gasteiger partial charge in [0.15, 0.2) is 6.10 Å². The SMILES string of the molecule is CCCCCCCCCCCCCCCCCC(=O)OC[C@H](COP(=O)([O-])OCC[N+](C)(C)C)OC(=O)CC. The molecule has 0 spiro atoms. The molecule has 0 N–H and O–H groups in total. The van der Waals surface area contributed by atoms with Gasteiger partial charge in [-0.25, -0.2) is 0 Å². The van der Waals surface area contributed by atoms with Crippen molar-refractivity contribution < 1.29 is 42.1 Å². The van der Waals surface area contributed by atoms with Gasteiger partial charge in [-0.05, 0) is 6.42 Å². The summed E-state index contributed by atoms with van der Waals surface area (Å²) in [6, 6.07) is 0. The second-order valence-corrected chi connectivity index (χ2v) is 12.8. The van der Waals surface area contributed by atoms with Crippen LogP contribution in [0.25, 0.3) is 0 Å². The van der Waals surface area contributed by atoms with Crippen LogP contribution in [-0.4, -0.2) is 70.0 Å². The molecule has 0 radical (unpaired) electrons. The minimum Gasteiger partial charge on any atom is -0.756 e. The average Bonchev–Trinajstić information content (AvgIpc) is 2.86. The lowest BCUT2D eigenvalue weighted by Crippen LogP contribution is -2.37. The number of phosphoric ester groups is 1. The van der Waals surface area contributed by atoms with Crippen LogP contribution in [0.2, 0.25) is 0 Å². The number of hydrogen-bond donors (Lipinski definition) is 0. The number of nitrogens with zero attached hydrogens (tertiary/aromatic N) is 1. The molecule has 9 nitrogen and oxygen atoms in total. The molecular formula is C29H58NO8P. The van der Waals surface area contributed by atoms with Crippen molar-refractivity contribution in [2.75, 3.05) is 47.5 Å². The summed E-state index contributed by atoms with van der Waals surface area (Å²) in [7, 11) is 1.16. The lowest BCUT2D eigenvalue weighted by atomic mass is 10.0. The zero-order valence-corrected chi connectivity index (χ0v) is 26.5. The minimum atomic E-state index is -4.57. The van der Waals surface area contributed by atoms with Crippen LogP contribution in [0.4, 0.5) is 0 Å². The Hall–Kier alpha value is -0.990. The van der Waals surface area contributed by atoms with E-state index >= 15 is 0 Å². The number of quaternary nitrogens is 1. The van der Waals surface area contributed by atoms with Crippen molar-refractivity contribution in [3.63, 3.8) is 0 Å². The van der Waals surface area contributed by atoms with E-state index in [9.17, 15) is 19.0 Å². The molecule has 0 bridgehead atoms. The Balaban J connectivity index is 3.97. The highest BCUT2D eigenvalue weighted by molar-refractivity contribution is 7.45. The van der Waals surface area contributed by atoms with Crippen molar-refractivity contribution in [2.45, 2.75) is 129 Å². The van der Waals surface area contributed by atoms with Crippen LogP contribution in [0, 0.1) is 0 Å². The average molecular weight is 580 g/mol. The number of likely N-dealkylation sites (N-methyl/N-ethyl adjacent to an activating group) is 1. The third-order valence-electron chi connectivity index (χ3n) is 6.43. The molecule has 0 aromatic carbocycles. The molecule has 10 heteroatoms. The fourth-order valence-electron chi connectivity index (χ4n) is 3.92. The zero-order chi connectivity index (χ0) is 29.4. The van der Waals surface area contributed by atoms with Gasteiger partial charge in [0.1, 0.15) is 19.8 Å². The van der Waals surface area contributed by atoms with Crippen molar-refractivity contribution in [1.82, 2.24) is 0 Å². The quantitative estimate of drug-likeness (QED) is 0.0481. The predicted octanol–water partition coefficient (Wildman–Crippen LogP) is 6.32. The molecule has 0 aliphatic rings. The molecule has 1 unspecified atom stereocenters. The first-order chi connectivity index (χ1) is 18.5. The predicted molar refractivity (Wildman–Crippen MR) is 153 cm³/mol. The summed E-state index contributed by atoms with van der Waals surface area (Å²) < 4.78 is 32.7. The summed E-state index contributed by atoms with van der Waals surface area (Å²) in [6.07, 6.45) is 18.1. The van der Waals surface area contributed by atoms with E-state index in [-0.39, 0.29) is 26.1 Å². The van der Waals surface area contributed by atoms with Crippen LogP contribution in [0.1, 0.15) is 123 Å². The number of carbonyl (C=O) groups excluding carboxylic acids is 2. The van der Waals surface area contributed by atoms with Gasteiger partial charge >= 0.3 is 11.9 Å². The van der Waals surface area contributed by atoms with E-state index < -0.39 is 32.5 Å². The minimum absolute atomic E-state index is 0.0298. The molecule has 0 aromatic heterocycles.